The molecule has 1 aromatic carbocycles. The van der Waals surface area contributed by atoms with Crippen molar-refractivity contribution >= 4 is 23.8 Å². The maximum atomic E-state index is 13.5. The van der Waals surface area contributed by atoms with E-state index in [2.05, 4.69) is 20.0 Å². The number of ether oxygens (including phenoxy) is 1. The lowest BCUT2D eigenvalue weighted by atomic mass is 10.0. The fraction of sp³-hybridized carbons (Fsp3) is 0.368. The van der Waals surface area contributed by atoms with Crippen molar-refractivity contribution in [3.8, 4) is 17.2 Å². The predicted molar refractivity (Wildman–Crippen MR) is 110 cm³/mol. The van der Waals surface area contributed by atoms with Gasteiger partial charge < -0.3 is 18.8 Å². The molecule has 0 aliphatic carbocycles. The van der Waals surface area contributed by atoms with E-state index in [1.54, 1.807) is 17.2 Å². The quantitative estimate of drug-likeness (QED) is 0.558. The average molecular weight is 468 g/mol. The van der Waals surface area contributed by atoms with E-state index in [-0.39, 0.29) is 29.3 Å². The van der Waals surface area contributed by atoms with Gasteiger partial charge in [0.05, 0.1) is 11.1 Å². The molecule has 1 N–H and O–H groups in total. The topological polar surface area (TPSA) is 98.3 Å². The number of rotatable bonds is 5. The predicted octanol–water partition coefficient (Wildman–Crippen LogP) is 4.15. The van der Waals surface area contributed by atoms with Crippen molar-refractivity contribution < 1.29 is 27.1 Å². The van der Waals surface area contributed by atoms with Gasteiger partial charge in [-0.15, -0.1) is 15.3 Å². The third kappa shape index (κ3) is 4.66. The minimum atomic E-state index is -4.62. The number of likely N-dealkylation sites (tertiary alicyclic amines) is 1. The lowest BCUT2D eigenvalue weighted by Crippen LogP contribution is -2.43. The summed E-state index contributed by atoms with van der Waals surface area (Å²) in [6.45, 7) is 0.757. The van der Waals surface area contributed by atoms with E-state index in [1.165, 1.54) is 28.8 Å². The zero-order valence-electron chi connectivity index (χ0n) is 16.9. The van der Waals surface area contributed by atoms with Crippen LogP contribution in [0.15, 0.2) is 41.3 Å². The molecule has 170 valence electrons. The summed E-state index contributed by atoms with van der Waals surface area (Å²) in [5, 5.41) is 11.3. The average Bonchev–Trinajstić information content (AvgIpc) is 3.46. The van der Waals surface area contributed by atoms with Gasteiger partial charge in [-0.1, -0.05) is 18.0 Å². The molecule has 2 aromatic heterocycles. The van der Waals surface area contributed by atoms with Gasteiger partial charge in [-0.05, 0) is 12.1 Å². The Kier molecular flexibility index (Phi) is 6.26. The first-order valence-corrected chi connectivity index (χ1v) is 10.9. The number of hydrogen-bond acceptors (Lipinski definition) is 8. The summed E-state index contributed by atoms with van der Waals surface area (Å²) >= 11 is 1.37. The van der Waals surface area contributed by atoms with Crippen LogP contribution in [-0.2, 0) is 6.18 Å². The lowest BCUT2D eigenvalue weighted by Gasteiger charge is -2.32. The number of halogens is 3. The number of anilines is 1. The Morgan fingerprint density at radius 3 is 2.72 bits per heavy atom. The fourth-order valence-corrected chi connectivity index (χ4v) is 3.77. The van der Waals surface area contributed by atoms with Crippen molar-refractivity contribution in [2.45, 2.75) is 25.1 Å². The molecule has 1 amide bonds. The minimum Gasteiger partial charge on any atom is -0.489 e. The van der Waals surface area contributed by atoms with E-state index in [0.29, 0.717) is 31.7 Å². The van der Waals surface area contributed by atoms with Crippen molar-refractivity contribution in [2.24, 2.45) is 0 Å². The fourth-order valence-electron chi connectivity index (χ4n) is 3.45. The summed E-state index contributed by atoms with van der Waals surface area (Å²) in [5.74, 6) is 0.310. The van der Waals surface area contributed by atoms with Crippen molar-refractivity contribution in [1.29, 1.82) is 0 Å². The molecule has 0 radical (unpaired) electrons. The zero-order valence-corrected chi connectivity index (χ0v) is 17.7. The van der Waals surface area contributed by atoms with E-state index in [0.717, 1.165) is 12.5 Å². The van der Waals surface area contributed by atoms with Gasteiger partial charge in [-0.25, -0.2) is 4.79 Å². The second kappa shape index (κ2) is 9.10. The van der Waals surface area contributed by atoms with Gasteiger partial charge in [-0.3, -0.25) is 0 Å². The van der Waals surface area contributed by atoms with Crippen LogP contribution in [0.1, 0.15) is 18.4 Å². The minimum absolute atomic E-state index is 0.00806. The molecule has 3 aromatic rings. The van der Waals surface area contributed by atoms with E-state index in [4.69, 9.17) is 9.15 Å². The van der Waals surface area contributed by atoms with Gasteiger partial charge in [-0.2, -0.15) is 17.9 Å². The van der Waals surface area contributed by atoms with Crippen LogP contribution in [0.4, 0.5) is 23.8 Å². The highest BCUT2D eigenvalue weighted by atomic mass is 32.2. The molecule has 32 heavy (non-hydrogen) atoms. The first-order chi connectivity index (χ1) is 15.4. The van der Waals surface area contributed by atoms with Crippen molar-refractivity contribution in [3.63, 3.8) is 0 Å². The Labute approximate surface area is 185 Å². The van der Waals surface area contributed by atoms with Crippen molar-refractivity contribution in [3.05, 3.63) is 42.4 Å². The van der Waals surface area contributed by atoms with Gasteiger partial charge in [0.2, 0.25) is 6.39 Å². The molecule has 13 heteroatoms. The third-order valence-corrected chi connectivity index (χ3v) is 5.32. The second-order valence-corrected chi connectivity index (χ2v) is 7.57. The van der Waals surface area contributed by atoms with Crippen LogP contribution >= 0.6 is 11.9 Å². The number of hydrogen-bond donors (Lipinski definition) is 1. The van der Waals surface area contributed by atoms with E-state index < -0.39 is 11.7 Å². The Morgan fingerprint density at radius 2 is 2.06 bits per heavy atom. The first kappa shape index (κ1) is 22.0. The standard InChI is InChI=1S/C19H19F3N6O3S/c1-32-26-15-7-10-28(25-15)18(29)27-8-5-12(6-9-27)31-14-4-2-3-13(19(20,21)22)16(14)17-24-23-11-30-17/h2-4,7,10-12H,5-6,8-9H2,1H3,(H,25,26). The van der Waals surface area contributed by atoms with Crippen LogP contribution in [0.5, 0.6) is 5.75 Å². The molecule has 0 unspecified atom stereocenters. The van der Waals surface area contributed by atoms with Crippen molar-refractivity contribution in [1.82, 2.24) is 24.9 Å². The number of nitrogens with zero attached hydrogens (tertiary/aromatic N) is 5. The smallest absolute Gasteiger partial charge is 0.417 e. The maximum absolute atomic E-state index is 13.5. The highest BCUT2D eigenvalue weighted by Crippen LogP contribution is 2.42. The Bertz CT molecular complexity index is 1060. The zero-order chi connectivity index (χ0) is 22.7. The largest absolute Gasteiger partial charge is 0.489 e. The highest BCUT2D eigenvalue weighted by Gasteiger charge is 2.37. The molecule has 1 saturated heterocycles. The summed E-state index contributed by atoms with van der Waals surface area (Å²) in [6, 6.07) is 5.07. The molecule has 9 nitrogen and oxygen atoms in total. The lowest BCUT2D eigenvalue weighted by molar-refractivity contribution is -0.137. The summed E-state index contributed by atoms with van der Waals surface area (Å²) in [7, 11) is 0. The number of alkyl halides is 3. The van der Waals surface area contributed by atoms with Gasteiger partial charge in [0.15, 0.2) is 5.82 Å². The van der Waals surface area contributed by atoms with Crippen LogP contribution in [0.2, 0.25) is 0 Å². The molecular weight excluding hydrogens is 449 g/mol. The molecule has 0 spiro atoms. The first-order valence-electron chi connectivity index (χ1n) is 9.64. The molecule has 1 fully saturated rings. The molecule has 1 aliphatic rings. The summed E-state index contributed by atoms with van der Waals surface area (Å²) in [6.07, 6.45) is 0.280. The maximum Gasteiger partial charge on any atom is 0.417 e. The number of nitrogens with one attached hydrogen (secondary N) is 1. The van der Waals surface area contributed by atoms with Gasteiger partial charge in [0.1, 0.15) is 11.9 Å². The Balaban J connectivity index is 1.46. The number of carbonyl (C=O) groups is 1. The van der Waals surface area contributed by atoms with Crippen LogP contribution in [-0.4, -0.2) is 56.4 Å². The van der Waals surface area contributed by atoms with Crippen LogP contribution in [0.25, 0.3) is 11.5 Å². The summed E-state index contributed by atoms with van der Waals surface area (Å²) < 4.78 is 55.8. The van der Waals surface area contributed by atoms with Crippen LogP contribution in [0, 0.1) is 0 Å². The molecule has 4 rings (SSSR count). The molecule has 0 atom stereocenters. The molecule has 3 heterocycles. The van der Waals surface area contributed by atoms with E-state index in [9.17, 15) is 18.0 Å². The van der Waals surface area contributed by atoms with Crippen LogP contribution in [0.3, 0.4) is 0 Å². The molecular formula is C19H19F3N6O3S. The molecule has 1 aliphatic heterocycles. The summed E-state index contributed by atoms with van der Waals surface area (Å²) in [4.78, 5) is 14.3. The number of benzene rings is 1. The monoisotopic (exact) mass is 468 g/mol. The number of aromatic nitrogens is 4. The van der Waals surface area contributed by atoms with Gasteiger partial charge in [0.25, 0.3) is 5.89 Å². The Hall–Kier alpha value is -3.22. The molecule has 0 bridgehead atoms. The number of piperidine rings is 1. The molecule has 0 saturated carbocycles. The number of carbonyl (C=O) groups excluding carboxylic acids is 1. The highest BCUT2D eigenvalue weighted by molar-refractivity contribution is 7.99. The van der Waals surface area contributed by atoms with Crippen molar-refractivity contribution in [2.75, 3.05) is 24.1 Å². The SMILES string of the molecule is CSNc1ccn(C(=O)N2CCC(Oc3cccc(C(F)(F)F)c3-c3nnco3)CC2)n1. The van der Waals surface area contributed by atoms with E-state index in [1.807, 2.05) is 6.26 Å². The van der Waals surface area contributed by atoms with Gasteiger partial charge >= 0.3 is 12.2 Å². The second-order valence-electron chi connectivity index (χ2n) is 6.96. The van der Waals surface area contributed by atoms with E-state index >= 15 is 0 Å². The Morgan fingerprint density at radius 1 is 1.28 bits per heavy atom. The number of amides is 1. The summed E-state index contributed by atoms with van der Waals surface area (Å²) in [5.41, 5.74) is -1.21. The van der Waals surface area contributed by atoms with Crippen LogP contribution < -0.4 is 9.46 Å². The third-order valence-electron chi connectivity index (χ3n) is 4.90. The van der Waals surface area contributed by atoms with Gasteiger partial charge in [0, 0.05) is 44.5 Å². The normalized spacial score (nSPS) is 15.1.